The Bertz CT molecular complexity index is 987. The maximum absolute atomic E-state index is 14.9. The van der Waals surface area contributed by atoms with E-state index < -0.39 is 39.7 Å². The summed E-state index contributed by atoms with van der Waals surface area (Å²) in [7, 11) is -2.92. The Balaban J connectivity index is 2.29. The molecule has 2 aromatic rings. The Morgan fingerprint density at radius 3 is 2.71 bits per heavy atom. The third kappa shape index (κ3) is 2.67. The number of rotatable bonds is 4. The molecule has 9 nitrogen and oxygen atoms in total. The summed E-state index contributed by atoms with van der Waals surface area (Å²) in [6.07, 6.45) is 0. The number of hydrogen-bond donors (Lipinski definition) is 2. The summed E-state index contributed by atoms with van der Waals surface area (Å²) in [5.74, 6) is -1.99. The minimum atomic E-state index is -4.26. The van der Waals surface area contributed by atoms with Crippen LogP contribution in [0.2, 0.25) is 0 Å². The van der Waals surface area contributed by atoms with E-state index in [9.17, 15) is 22.4 Å². The van der Waals surface area contributed by atoms with Crippen LogP contribution in [-0.2, 0) is 19.7 Å². The third-order valence-electron chi connectivity index (χ3n) is 3.30. The summed E-state index contributed by atoms with van der Waals surface area (Å²) >= 11 is 0. The molecule has 1 fully saturated rings. The number of carbonyl (C=O) groups is 1. The van der Waals surface area contributed by atoms with Crippen LogP contribution >= 0.6 is 0 Å². The second-order valence-electron chi connectivity index (χ2n) is 4.91. The van der Waals surface area contributed by atoms with Gasteiger partial charge in [-0.05, 0) is 12.1 Å². The lowest BCUT2D eigenvalue weighted by molar-refractivity contribution is -0.117. The number of pyridine rings is 1. The van der Waals surface area contributed by atoms with E-state index in [2.05, 4.69) is 4.98 Å². The molecule has 0 unspecified atom stereocenters. The molecule has 0 saturated carbocycles. The molecule has 1 aromatic carbocycles. The summed E-state index contributed by atoms with van der Waals surface area (Å²) in [4.78, 5) is 25.2. The van der Waals surface area contributed by atoms with Crippen molar-refractivity contribution in [2.75, 3.05) is 24.8 Å². The van der Waals surface area contributed by atoms with E-state index >= 15 is 0 Å². The van der Waals surface area contributed by atoms with Crippen LogP contribution in [0.1, 0.15) is 0 Å². The SMILES string of the molecule is COCOc1cc2ccc(=O)[nH]c2c(F)c1N1CC(=O)NS1(=O)=O. The fourth-order valence-corrected chi connectivity index (χ4v) is 3.49. The number of aromatic amines is 1. The van der Waals surface area contributed by atoms with Gasteiger partial charge in [-0.25, -0.2) is 13.4 Å². The molecule has 0 atom stereocenters. The molecule has 11 heteroatoms. The molecule has 0 radical (unpaired) electrons. The van der Waals surface area contributed by atoms with E-state index in [1.54, 1.807) is 4.72 Å². The number of amides is 1. The number of fused-ring (bicyclic) bond motifs is 1. The molecule has 1 aromatic heterocycles. The summed E-state index contributed by atoms with van der Waals surface area (Å²) in [5.41, 5.74) is -1.24. The van der Waals surface area contributed by atoms with E-state index in [1.807, 2.05) is 0 Å². The van der Waals surface area contributed by atoms with Gasteiger partial charge >= 0.3 is 10.2 Å². The van der Waals surface area contributed by atoms with Crippen LogP contribution in [0.5, 0.6) is 5.75 Å². The molecule has 2 heterocycles. The lowest BCUT2D eigenvalue weighted by Gasteiger charge is -2.20. The number of methoxy groups -OCH3 is 1. The molecule has 1 amide bonds. The topological polar surface area (TPSA) is 118 Å². The Labute approximate surface area is 135 Å². The zero-order valence-electron chi connectivity index (χ0n) is 12.3. The first kappa shape index (κ1) is 16.2. The number of anilines is 1. The van der Waals surface area contributed by atoms with Gasteiger partial charge in [-0.1, -0.05) is 0 Å². The van der Waals surface area contributed by atoms with Gasteiger partial charge in [-0.3, -0.25) is 9.59 Å². The fraction of sp³-hybridized carbons (Fsp3) is 0.231. The van der Waals surface area contributed by atoms with Gasteiger partial charge in [0.25, 0.3) is 5.91 Å². The Morgan fingerprint density at radius 1 is 1.33 bits per heavy atom. The number of aromatic nitrogens is 1. The van der Waals surface area contributed by atoms with Crippen molar-refractivity contribution < 1.29 is 27.1 Å². The number of halogens is 1. The normalized spacial score (nSPS) is 16.4. The molecule has 0 spiro atoms. The van der Waals surface area contributed by atoms with Crippen molar-refractivity contribution in [1.82, 2.24) is 9.71 Å². The molecule has 128 valence electrons. The number of hydrogen-bond acceptors (Lipinski definition) is 6. The van der Waals surface area contributed by atoms with Gasteiger partial charge in [0, 0.05) is 18.6 Å². The number of nitrogens with one attached hydrogen (secondary N) is 2. The van der Waals surface area contributed by atoms with Crippen molar-refractivity contribution in [3.63, 3.8) is 0 Å². The smallest absolute Gasteiger partial charge is 0.326 e. The maximum atomic E-state index is 14.9. The largest absolute Gasteiger partial charge is 0.465 e. The van der Waals surface area contributed by atoms with E-state index in [4.69, 9.17) is 9.47 Å². The summed E-state index contributed by atoms with van der Waals surface area (Å²) < 4.78 is 51.3. The molecule has 1 aliphatic heterocycles. The quantitative estimate of drug-likeness (QED) is 0.734. The van der Waals surface area contributed by atoms with Gasteiger partial charge in [0.05, 0.1) is 5.52 Å². The molecular weight excluding hydrogens is 345 g/mol. The second kappa shape index (κ2) is 5.76. The zero-order valence-corrected chi connectivity index (χ0v) is 13.1. The van der Waals surface area contributed by atoms with Crippen molar-refractivity contribution in [2.24, 2.45) is 0 Å². The van der Waals surface area contributed by atoms with Gasteiger partial charge in [0.15, 0.2) is 18.4 Å². The number of ether oxygens (including phenoxy) is 2. The average Bonchev–Trinajstić information content (AvgIpc) is 2.78. The minimum absolute atomic E-state index is 0.144. The van der Waals surface area contributed by atoms with Crippen LogP contribution in [-0.4, -0.2) is 39.8 Å². The molecule has 2 N–H and O–H groups in total. The van der Waals surface area contributed by atoms with Crippen molar-refractivity contribution in [3.05, 3.63) is 34.4 Å². The Hall–Kier alpha value is -2.66. The van der Waals surface area contributed by atoms with Gasteiger partial charge in [0.2, 0.25) is 5.56 Å². The number of H-pyrrole nitrogens is 1. The number of nitrogens with zero attached hydrogens (tertiary/aromatic N) is 1. The van der Waals surface area contributed by atoms with E-state index in [0.29, 0.717) is 4.31 Å². The molecular formula is C13H12FN3O6S. The molecule has 1 aliphatic rings. The highest BCUT2D eigenvalue weighted by atomic mass is 32.2. The second-order valence-corrected chi connectivity index (χ2v) is 6.51. The fourth-order valence-electron chi connectivity index (χ4n) is 2.33. The Kier molecular flexibility index (Phi) is 3.89. The van der Waals surface area contributed by atoms with Gasteiger partial charge < -0.3 is 14.5 Å². The van der Waals surface area contributed by atoms with Crippen LogP contribution in [0.4, 0.5) is 10.1 Å². The maximum Gasteiger partial charge on any atom is 0.326 e. The predicted molar refractivity (Wildman–Crippen MR) is 81.4 cm³/mol. The highest BCUT2D eigenvalue weighted by molar-refractivity contribution is 7.92. The molecule has 0 bridgehead atoms. The first-order valence-electron chi connectivity index (χ1n) is 6.64. The summed E-state index contributed by atoms with van der Waals surface area (Å²) in [5, 5.41) is 0.290. The van der Waals surface area contributed by atoms with Crippen LogP contribution in [0.3, 0.4) is 0 Å². The Morgan fingerprint density at radius 2 is 2.08 bits per heavy atom. The van der Waals surface area contributed by atoms with Crippen LogP contribution in [0.25, 0.3) is 10.9 Å². The standard InChI is InChI=1S/C13H12FN3O6S/c1-22-6-23-8-4-7-2-3-9(18)15-12(7)11(14)13(8)17-5-10(19)16-24(17,20)21/h2-4H,5-6H2,1H3,(H,15,18)(H,16,19). The van der Waals surface area contributed by atoms with E-state index in [1.165, 1.54) is 25.3 Å². The number of carbonyl (C=O) groups excluding carboxylic acids is 1. The van der Waals surface area contributed by atoms with Crippen molar-refractivity contribution in [2.45, 2.75) is 0 Å². The lowest BCUT2D eigenvalue weighted by Crippen LogP contribution is -2.30. The van der Waals surface area contributed by atoms with Crippen molar-refractivity contribution in [1.29, 1.82) is 0 Å². The minimum Gasteiger partial charge on any atom is -0.465 e. The van der Waals surface area contributed by atoms with Crippen LogP contribution in [0, 0.1) is 5.82 Å². The van der Waals surface area contributed by atoms with E-state index in [0.717, 1.165) is 0 Å². The van der Waals surface area contributed by atoms with Crippen molar-refractivity contribution in [3.8, 4) is 5.75 Å². The van der Waals surface area contributed by atoms with Gasteiger partial charge in [-0.2, -0.15) is 8.42 Å². The molecule has 3 rings (SSSR count). The van der Waals surface area contributed by atoms with E-state index in [-0.39, 0.29) is 23.4 Å². The molecule has 24 heavy (non-hydrogen) atoms. The van der Waals surface area contributed by atoms with Crippen molar-refractivity contribution >= 4 is 32.7 Å². The summed E-state index contributed by atoms with van der Waals surface area (Å²) in [6.45, 7) is -0.873. The van der Waals surface area contributed by atoms with Gasteiger partial charge in [0.1, 0.15) is 12.2 Å². The monoisotopic (exact) mass is 357 g/mol. The highest BCUT2D eigenvalue weighted by Crippen LogP contribution is 2.38. The number of benzene rings is 1. The third-order valence-corrected chi connectivity index (χ3v) is 4.68. The average molecular weight is 357 g/mol. The first-order chi connectivity index (χ1) is 11.3. The predicted octanol–water partition coefficient (Wildman–Crippen LogP) is -0.169. The van der Waals surface area contributed by atoms with Gasteiger partial charge in [-0.15, -0.1) is 0 Å². The van der Waals surface area contributed by atoms with Crippen LogP contribution in [0.15, 0.2) is 23.0 Å². The first-order valence-corrected chi connectivity index (χ1v) is 8.08. The zero-order chi connectivity index (χ0) is 17.5. The lowest BCUT2D eigenvalue weighted by atomic mass is 10.1. The van der Waals surface area contributed by atoms with Crippen LogP contribution < -0.4 is 19.3 Å². The summed E-state index contributed by atoms with van der Waals surface area (Å²) in [6, 6.07) is 3.91. The molecule has 1 saturated heterocycles. The highest BCUT2D eigenvalue weighted by Gasteiger charge is 2.38. The molecule has 0 aliphatic carbocycles.